The van der Waals surface area contributed by atoms with Crippen LogP contribution in [-0.2, 0) is 4.74 Å². The van der Waals surface area contributed by atoms with E-state index < -0.39 is 0 Å². The number of nitrogens with one attached hydrogen (secondary N) is 1. The summed E-state index contributed by atoms with van der Waals surface area (Å²) < 4.78 is 6.00. The highest BCUT2D eigenvalue weighted by atomic mass is 32.2. The van der Waals surface area contributed by atoms with Crippen molar-refractivity contribution in [3.05, 3.63) is 0 Å². The molecule has 0 bridgehead atoms. The molecule has 2 heterocycles. The molecule has 0 aromatic heterocycles. The van der Waals surface area contributed by atoms with Crippen LogP contribution < -0.4 is 5.32 Å². The number of amidine groups is 1. The van der Waals surface area contributed by atoms with Crippen molar-refractivity contribution in [2.24, 2.45) is 4.99 Å². The highest BCUT2D eigenvalue weighted by Crippen LogP contribution is 2.33. The van der Waals surface area contributed by atoms with Crippen LogP contribution in [0.2, 0.25) is 0 Å². The molecule has 1 unspecified atom stereocenters. The molecule has 1 N–H and O–H groups in total. The summed E-state index contributed by atoms with van der Waals surface area (Å²) in [5.41, 5.74) is 0.271. The third-order valence-electron chi connectivity index (χ3n) is 4.07. The third kappa shape index (κ3) is 3.21. The molecule has 2 fully saturated rings. The minimum Gasteiger partial charge on any atom is -0.375 e. The van der Waals surface area contributed by atoms with Crippen molar-refractivity contribution in [3.63, 3.8) is 0 Å². The quantitative estimate of drug-likeness (QED) is 0.855. The van der Waals surface area contributed by atoms with Crippen LogP contribution in [0.3, 0.4) is 0 Å². The van der Waals surface area contributed by atoms with E-state index in [-0.39, 0.29) is 11.1 Å². The molecule has 2 rings (SSSR count). The SMILES string of the molecule is CCC1(CC)CC(N=C2NC(C)(C)CS2)CCO1. The number of aliphatic imine (C=N–C) groups is 1. The molecule has 0 aromatic carbocycles. The monoisotopic (exact) mass is 270 g/mol. The van der Waals surface area contributed by atoms with Crippen LogP contribution in [0.5, 0.6) is 0 Å². The van der Waals surface area contributed by atoms with Crippen LogP contribution in [0.1, 0.15) is 53.4 Å². The summed E-state index contributed by atoms with van der Waals surface area (Å²) in [6.45, 7) is 9.77. The van der Waals surface area contributed by atoms with Crippen LogP contribution in [0.15, 0.2) is 4.99 Å². The molecular weight excluding hydrogens is 244 g/mol. The van der Waals surface area contributed by atoms with E-state index in [1.807, 2.05) is 11.8 Å². The maximum absolute atomic E-state index is 6.00. The molecule has 0 spiro atoms. The van der Waals surface area contributed by atoms with Gasteiger partial charge in [0, 0.05) is 17.9 Å². The fraction of sp³-hybridized carbons (Fsp3) is 0.929. The van der Waals surface area contributed by atoms with Gasteiger partial charge in [0.2, 0.25) is 0 Å². The maximum Gasteiger partial charge on any atom is 0.157 e. The predicted octanol–water partition coefficient (Wildman–Crippen LogP) is 3.20. The van der Waals surface area contributed by atoms with E-state index in [1.165, 1.54) is 0 Å². The fourth-order valence-corrected chi connectivity index (χ4v) is 3.84. The van der Waals surface area contributed by atoms with Gasteiger partial charge in [0.05, 0.1) is 11.6 Å². The van der Waals surface area contributed by atoms with Crippen molar-refractivity contribution in [2.45, 2.75) is 70.6 Å². The molecule has 3 nitrogen and oxygen atoms in total. The van der Waals surface area contributed by atoms with Gasteiger partial charge in [-0.05, 0) is 39.5 Å². The number of thioether (sulfide) groups is 1. The molecule has 0 aliphatic carbocycles. The zero-order valence-electron chi connectivity index (χ0n) is 12.1. The lowest BCUT2D eigenvalue weighted by molar-refractivity contribution is -0.0884. The first-order valence-electron chi connectivity index (χ1n) is 7.11. The van der Waals surface area contributed by atoms with Crippen molar-refractivity contribution < 1.29 is 4.74 Å². The highest BCUT2D eigenvalue weighted by molar-refractivity contribution is 8.14. The zero-order valence-corrected chi connectivity index (χ0v) is 12.9. The van der Waals surface area contributed by atoms with Gasteiger partial charge in [-0.3, -0.25) is 4.99 Å². The number of nitrogens with zero attached hydrogens (tertiary/aromatic N) is 1. The van der Waals surface area contributed by atoms with Gasteiger partial charge < -0.3 is 10.1 Å². The first-order chi connectivity index (χ1) is 8.49. The van der Waals surface area contributed by atoms with Crippen LogP contribution >= 0.6 is 11.8 Å². The first kappa shape index (κ1) is 14.2. The van der Waals surface area contributed by atoms with Gasteiger partial charge in [-0.25, -0.2) is 0 Å². The summed E-state index contributed by atoms with van der Waals surface area (Å²) in [5, 5.41) is 4.65. The highest BCUT2D eigenvalue weighted by Gasteiger charge is 2.35. The van der Waals surface area contributed by atoms with E-state index in [0.29, 0.717) is 6.04 Å². The third-order valence-corrected chi connectivity index (χ3v) is 5.42. The molecule has 0 radical (unpaired) electrons. The summed E-state index contributed by atoms with van der Waals surface area (Å²) in [4.78, 5) is 4.91. The minimum absolute atomic E-state index is 0.0752. The standard InChI is InChI=1S/C14H26N2OS/c1-5-14(6-2)9-11(7-8-17-14)15-12-16-13(3,4)10-18-12/h11H,5-10H2,1-4H3,(H,15,16). The summed E-state index contributed by atoms with van der Waals surface area (Å²) in [6, 6.07) is 0.433. The van der Waals surface area contributed by atoms with Crippen LogP contribution in [0.25, 0.3) is 0 Å². The lowest BCUT2D eigenvalue weighted by Crippen LogP contribution is -2.41. The van der Waals surface area contributed by atoms with Gasteiger partial charge >= 0.3 is 0 Å². The Labute approximate surface area is 115 Å². The van der Waals surface area contributed by atoms with Gasteiger partial charge in [-0.1, -0.05) is 25.6 Å². The summed E-state index contributed by atoms with van der Waals surface area (Å²) in [6.07, 6.45) is 4.33. The Morgan fingerprint density at radius 2 is 2.11 bits per heavy atom. The lowest BCUT2D eigenvalue weighted by atomic mass is 9.86. The molecule has 1 atom stereocenters. The number of hydrogen-bond donors (Lipinski definition) is 1. The van der Waals surface area contributed by atoms with E-state index in [9.17, 15) is 0 Å². The number of rotatable bonds is 3. The molecule has 0 saturated carbocycles. The second-order valence-electron chi connectivity index (χ2n) is 6.12. The van der Waals surface area contributed by atoms with Gasteiger partial charge in [0.15, 0.2) is 5.17 Å². The Morgan fingerprint density at radius 1 is 1.39 bits per heavy atom. The molecular formula is C14H26N2OS. The van der Waals surface area contributed by atoms with Gasteiger partial charge in [-0.15, -0.1) is 0 Å². The van der Waals surface area contributed by atoms with Crippen molar-refractivity contribution in [3.8, 4) is 0 Å². The largest absolute Gasteiger partial charge is 0.375 e. The molecule has 0 aromatic rings. The molecule has 2 saturated heterocycles. The average molecular weight is 270 g/mol. The Balaban J connectivity index is 2.00. The molecule has 104 valence electrons. The predicted molar refractivity (Wildman–Crippen MR) is 79.4 cm³/mol. The van der Waals surface area contributed by atoms with Crippen LogP contribution in [0, 0.1) is 0 Å². The smallest absolute Gasteiger partial charge is 0.157 e. The number of hydrogen-bond acceptors (Lipinski definition) is 3. The van der Waals surface area contributed by atoms with Crippen molar-refractivity contribution in [2.75, 3.05) is 12.4 Å². The Bertz CT molecular complexity index is 324. The molecule has 0 amide bonds. The normalized spacial score (nSPS) is 32.4. The van der Waals surface area contributed by atoms with Crippen molar-refractivity contribution in [1.29, 1.82) is 0 Å². The van der Waals surface area contributed by atoms with Crippen molar-refractivity contribution >= 4 is 16.9 Å². The first-order valence-corrected chi connectivity index (χ1v) is 8.10. The summed E-state index contributed by atoms with van der Waals surface area (Å²) >= 11 is 1.86. The molecule has 2 aliphatic rings. The zero-order chi connectivity index (χ0) is 13.2. The lowest BCUT2D eigenvalue weighted by Gasteiger charge is -2.38. The molecule has 18 heavy (non-hydrogen) atoms. The van der Waals surface area contributed by atoms with E-state index >= 15 is 0 Å². The van der Waals surface area contributed by atoms with Crippen molar-refractivity contribution in [1.82, 2.24) is 5.32 Å². The Hall–Kier alpha value is -0.220. The van der Waals surface area contributed by atoms with Gasteiger partial charge in [-0.2, -0.15) is 0 Å². The van der Waals surface area contributed by atoms with Gasteiger partial charge in [0.1, 0.15) is 0 Å². The Kier molecular flexibility index (Phi) is 4.27. The van der Waals surface area contributed by atoms with Gasteiger partial charge in [0.25, 0.3) is 0 Å². The topological polar surface area (TPSA) is 33.6 Å². The van der Waals surface area contributed by atoms with Crippen LogP contribution in [-0.4, -0.2) is 34.7 Å². The maximum atomic E-state index is 6.00. The average Bonchev–Trinajstić information content (AvgIpc) is 2.69. The second-order valence-corrected chi connectivity index (χ2v) is 7.08. The van der Waals surface area contributed by atoms with E-state index in [1.54, 1.807) is 0 Å². The molecule has 2 aliphatic heterocycles. The Morgan fingerprint density at radius 3 is 2.67 bits per heavy atom. The minimum atomic E-state index is 0.0752. The van der Waals surface area contributed by atoms with E-state index in [0.717, 1.165) is 43.2 Å². The van der Waals surface area contributed by atoms with E-state index in [2.05, 4.69) is 33.0 Å². The number of ether oxygens (including phenoxy) is 1. The second kappa shape index (κ2) is 5.41. The molecule has 4 heteroatoms. The van der Waals surface area contributed by atoms with Crippen LogP contribution in [0.4, 0.5) is 0 Å². The summed E-state index contributed by atoms with van der Waals surface area (Å²) in [7, 11) is 0. The fourth-order valence-electron chi connectivity index (χ4n) is 2.70. The van der Waals surface area contributed by atoms with E-state index in [4.69, 9.17) is 9.73 Å². The summed E-state index contributed by atoms with van der Waals surface area (Å²) in [5.74, 6) is 1.11.